The maximum absolute atomic E-state index is 12.7. The Morgan fingerprint density at radius 1 is 1.32 bits per heavy atom. The summed E-state index contributed by atoms with van der Waals surface area (Å²) in [7, 11) is 0. The first-order valence-electron chi connectivity index (χ1n) is 6.94. The minimum Gasteiger partial charge on any atom is -0.483 e. The highest BCUT2D eigenvalue weighted by Gasteiger charge is 2.34. The Labute approximate surface area is 127 Å². The number of hydrogen-bond acceptors (Lipinski definition) is 3. The molecule has 1 amide bonds. The molecule has 0 saturated heterocycles. The minimum atomic E-state index is -4.54. The Morgan fingerprint density at radius 2 is 1.95 bits per heavy atom. The topological polar surface area (TPSA) is 58.6 Å². The van der Waals surface area contributed by atoms with Gasteiger partial charge in [0.05, 0.1) is 11.7 Å². The number of aliphatic hydroxyl groups is 1. The lowest BCUT2D eigenvalue weighted by Crippen LogP contribution is -2.35. The number of hydrogen-bond donors (Lipinski definition) is 2. The second-order valence-corrected chi connectivity index (χ2v) is 5.37. The molecule has 1 unspecified atom stereocenters. The molecule has 124 valence electrons. The van der Waals surface area contributed by atoms with Crippen LogP contribution in [-0.2, 0) is 11.0 Å². The molecular formula is C15H20F3NO3. The summed E-state index contributed by atoms with van der Waals surface area (Å²) in [5, 5.41) is 12.0. The van der Waals surface area contributed by atoms with Crippen molar-refractivity contribution in [3.8, 4) is 5.75 Å². The van der Waals surface area contributed by atoms with E-state index in [2.05, 4.69) is 5.32 Å². The third-order valence-electron chi connectivity index (χ3n) is 2.83. The van der Waals surface area contributed by atoms with E-state index in [1.54, 1.807) is 0 Å². The van der Waals surface area contributed by atoms with Crippen LogP contribution in [-0.4, -0.2) is 30.3 Å². The SMILES string of the molecule is CC(C)CC(O)CNC(=O)COc1ccccc1C(F)(F)F. The van der Waals surface area contributed by atoms with E-state index in [0.717, 1.165) is 12.1 Å². The van der Waals surface area contributed by atoms with Gasteiger partial charge in [0.15, 0.2) is 6.61 Å². The number of para-hydroxylation sites is 1. The van der Waals surface area contributed by atoms with Gasteiger partial charge in [0.2, 0.25) is 0 Å². The Bertz CT molecular complexity index is 489. The Morgan fingerprint density at radius 3 is 2.55 bits per heavy atom. The summed E-state index contributed by atoms with van der Waals surface area (Å²) >= 11 is 0. The Hall–Kier alpha value is -1.76. The summed E-state index contributed by atoms with van der Waals surface area (Å²) in [5.41, 5.74) is -0.928. The lowest BCUT2D eigenvalue weighted by Gasteiger charge is -2.15. The Balaban J connectivity index is 2.48. The molecular weight excluding hydrogens is 299 g/mol. The molecule has 0 heterocycles. The van der Waals surface area contributed by atoms with E-state index in [-0.39, 0.29) is 12.5 Å². The number of benzene rings is 1. The van der Waals surface area contributed by atoms with Crippen molar-refractivity contribution in [2.75, 3.05) is 13.2 Å². The molecule has 0 spiro atoms. The molecule has 0 aromatic heterocycles. The van der Waals surface area contributed by atoms with E-state index in [0.29, 0.717) is 6.42 Å². The Kier molecular flexibility index (Phi) is 6.67. The zero-order valence-corrected chi connectivity index (χ0v) is 12.5. The fourth-order valence-corrected chi connectivity index (χ4v) is 1.88. The molecule has 0 bridgehead atoms. The van der Waals surface area contributed by atoms with E-state index in [1.165, 1.54) is 12.1 Å². The van der Waals surface area contributed by atoms with Gasteiger partial charge in [0.1, 0.15) is 5.75 Å². The van der Waals surface area contributed by atoms with Crippen LogP contribution in [0.2, 0.25) is 0 Å². The van der Waals surface area contributed by atoms with E-state index >= 15 is 0 Å². The van der Waals surface area contributed by atoms with Gasteiger partial charge in [-0.2, -0.15) is 13.2 Å². The molecule has 2 N–H and O–H groups in total. The first-order valence-corrected chi connectivity index (χ1v) is 6.94. The number of carbonyl (C=O) groups excluding carboxylic acids is 1. The van der Waals surface area contributed by atoms with Gasteiger partial charge in [0, 0.05) is 6.54 Å². The highest BCUT2D eigenvalue weighted by atomic mass is 19.4. The van der Waals surface area contributed by atoms with Crippen LogP contribution in [0.25, 0.3) is 0 Å². The molecule has 0 fully saturated rings. The number of halogens is 3. The van der Waals surface area contributed by atoms with Gasteiger partial charge in [0.25, 0.3) is 5.91 Å². The third-order valence-corrected chi connectivity index (χ3v) is 2.83. The summed E-state index contributed by atoms with van der Waals surface area (Å²) < 4.78 is 43.1. The predicted octanol–water partition coefficient (Wildman–Crippen LogP) is 2.61. The van der Waals surface area contributed by atoms with Crippen molar-refractivity contribution < 1.29 is 27.8 Å². The average molecular weight is 319 g/mol. The molecule has 0 saturated carbocycles. The van der Waals surface area contributed by atoms with E-state index < -0.39 is 36.1 Å². The quantitative estimate of drug-likeness (QED) is 0.812. The zero-order valence-electron chi connectivity index (χ0n) is 12.5. The van der Waals surface area contributed by atoms with Gasteiger partial charge in [-0.15, -0.1) is 0 Å². The number of alkyl halides is 3. The summed E-state index contributed by atoms with van der Waals surface area (Å²) in [6.45, 7) is 3.37. The summed E-state index contributed by atoms with van der Waals surface area (Å²) in [6.07, 6.45) is -4.70. The summed E-state index contributed by atoms with van der Waals surface area (Å²) in [5.74, 6) is -0.700. The van der Waals surface area contributed by atoms with Crippen LogP contribution in [0.1, 0.15) is 25.8 Å². The predicted molar refractivity (Wildman–Crippen MR) is 75.4 cm³/mol. The molecule has 1 rings (SSSR count). The molecule has 0 radical (unpaired) electrons. The zero-order chi connectivity index (χ0) is 16.8. The number of ether oxygens (including phenoxy) is 1. The molecule has 4 nitrogen and oxygen atoms in total. The number of rotatable bonds is 7. The van der Waals surface area contributed by atoms with Crippen LogP contribution >= 0.6 is 0 Å². The van der Waals surface area contributed by atoms with Crippen molar-refractivity contribution >= 4 is 5.91 Å². The van der Waals surface area contributed by atoms with Crippen molar-refractivity contribution in [1.29, 1.82) is 0 Å². The summed E-state index contributed by atoms with van der Waals surface area (Å²) in [4.78, 5) is 11.5. The monoisotopic (exact) mass is 319 g/mol. The smallest absolute Gasteiger partial charge is 0.419 e. The molecule has 22 heavy (non-hydrogen) atoms. The normalized spacial score (nSPS) is 13.0. The van der Waals surface area contributed by atoms with Gasteiger partial charge >= 0.3 is 6.18 Å². The minimum absolute atomic E-state index is 0.0429. The van der Waals surface area contributed by atoms with Crippen molar-refractivity contribution in [2.45, 2.75) is 32.5 Å². The van der Waals surface area contributed by atoms with Gasteiger partial charge in [-0.25, -0.2) is 0 Å². The van der Waals surface area contributed by atoms with Crippen LogP contribution in [0.4, 0.5) is 13.2 Å². The maximum atomic E-state index is 12.7. The number of nitrogens with one attached hydrogen (secondary N) is 1. The first-order chi connectivity index (χ1) is 10.2. The fraction of sp³-hybridized carbons (Fsp3) is 0.533. The molecule has 0 aliphatic carbocycles. The molecule has 7 heteroatoms. The van der Waals surface area contributed by atoms with Crippen molar-refractivity contribution in [3.63, 3.8) is 0 Å². The molecule has 0 aliphatic heterocycles. The second kappa shape index (κ2) is 8.03. The second-order valence-electron chi connectivity index (χ2n) is 5.37. The van der Waals surface area contributed by atoms with Gasteiger partial charge in [-0.1, -0.05) is 26.0 Å². The lowest BCUT2D eigenvalue weighted by molar-refractivity contribution is -0.139. The fourth-order valence-electron chi connectivity index (χ4n) is 1.88. The maximum Gasteiger partial charge on any atom is 0.419 e. The molecule has 1 aromatic carbocycles. The van der Waals surface area contributed by atoms with Crippen molar-refractivity contribution in [2.24, 2.45) is 5.92 Å². The van der Waals surface area contributed by atoms with Crippen LogP contribution < -0.4 is 10.1 Å². The highest BCUT2D eigenvalue weighted by molar-refractivity contribution is 5.77. The van der Waals surface area contributed by atoms with E-state index in [1.807, 2.05) is 13.8 Å². The van der Waals surface area contributed by atoms with Crippen LogP contribution in [0, 0.1) is 5.92 Å². The van der Waals surface area contributed by atoms with Crippen molar-refractivity contribution in [1.82, 2.24) is 5.32 Å². The van der Waals surface area contributed by atoms with Crippen molar-refractivity contribution in [3.05, 3.63) is 29.8 Å². The third kappa shape index (κ3) is 6.34. The molecule has 0 aliphatic rings. The standard InChI is InChI=1S/C15H20F3NO3/c1-10(2)7-11(20)8-19-14(21)9-22-13-6-4-3-5-12(13)15(16,17)18/h3-6,10-11,20H,7-9H2,1-2H3,(H,19,21). The van der Waals surface area contributed by atoms with Crippen LogP contribution in [0.5, 0.6) is 5.75 Å². The van der Waals surface area contributed by atoms with Crippen LogP contribution in [0.15, 0.2) is 24.3 Å². The highest BCUT2D eigenvalue weighted by Crippen LogP contribution is 2.35. The summed E-state index contributed by atoms with van der Waals surface area (Å²) in [6, 6.07) is 4.69. The van der Waals surface area contributed by atoms with E-state index in [9.17, 15) is 23.1 Å². The number of amides is 1. The number of aliphatic hydroxyl groups excluding tert-OH is 1. The van der Waals surface area contributed by atoms with Gasteiger partial charge in [-0.3, -0.25) is 4.79 Å². The number of carbonyl (C=O) groups is 1. The molecule has 1 atom stereocenters. The largest absolute Gasteiger partial charge is 0.483 e. The van der Waals surface area contributed by atoms with Gasteiger partial charge in [-0.05, 0) is 24.5 Å². The van der Waals surface area contributed by atoms with Gasteiger partial charge < -0.3 is 15.2 Å². The lowest BCUT2D eigenvalue weighted by atomic mass is 10.1. The van der Waals surface area contributed by atoms with Crippen LogP contribution in [0.3, 0.4) is 0 Å². The molecule has 1 aromatic rings. The average Bonchev–Trinajstić information content (AvgIpc) is 2.41. The van der Waals surface area contributed by atoms with E-state index in [4.69, 9.17) is 4.74 Å². The first kappa shape index (κ1) is 18.3.